The van der Waals surface area contributed by atoms with Crippen LogP contribution in [-0.4, -0.2) is 0 Å². The average Bonchev–Trinajstić information content (AvgIpc) is 2.14. The van der Waals surface area contributed by atoms with Crippen molar-refractivity contribution in [2.45, 2.75) is 20.8 Å². The van der Waals surface area contributed by atoms with Gasteiger partial charge in [0.2, 0.25) is 0 Å². The van der Waals surface area contributed by atoms with E-state index in [2.05, 4.69) is 38.5 Å². The van der Waals surface area contributed by atoms with E-state index in [-0.39, 0.29) is 5.41 Å². The molecule has 0 aliphatic carbocycles. The summed E-state index contributed by atoms with van der Waals surface area (Å²) in [5, 5.41) is 0. The van der Waals surface area contributed by atoms with Crippen LogP contribution in [0.4, 0.5) is 0 Å². The molecule has 0 N–H and O–H groups in total. The van der Waals surface area contributed by atoms with Crippen LogP contribution in [0, 0.1) is 29.6 Å². The van der Waals surface area contributed by atoms with Crippen LogP contribution in [0.3, 0.4) is 0 Å². The van der Waals surface area contributed by atoms with Gasteiger partial charge in [-0.15, -0.1) is 6.42 Å². The molecule has 0 bridgehead atoms. The molecule has 1 aromatic rings. The lowest BCUT2D eigenvalue weighted by molar-refractivity contribution is 0.571. The minimum absolute atomic E-state index is 0.0156. The quantitative estimate of drug-likeness (QED) is 0.541. The molecule has 0 heterocycles. The van der Waals surface area contributed by atoms with Gasteiger partial charge in [-0.1, -0.05) is 29.9 Å². The molecule has 0 aliphatic rings. The van der Waals surface area contributed by atoms with E-state index in [1.54, 1.807) is 0 Å². The van der Waals surface area contributed by atoms with Crippen molar-refractivity contribution in [2.75, 3.05) is 0 Å². The molecule has 70 valence electrons. The number of benzene rings is 1. The van der Waals surface area contributed by atoms with Crippen molar-refractivity contribution in [1.82, 2.24) is 0 Å². The molecule has 0 heteroatoms. The first kappa shape index (κ1) is 10.4. The van der Waals surface area contributed by atoms with Crippen LogP contribution >= 0.6 is 0 Å². The zero-order valence-corrected chi connectivity index (χ0v) is 8.89. The summed E-state index contributed by atoms with van der Waals surface area (Å²) in [4.78, 5) is 0. The predicted molar refractivity (Wildman–Crippen MR) is 60.7 cm³/mol. The van der Waals surface area contributed by atoms with Crippen LogP contribution in [0.2, 0.25) is 0 Å². The molecule has 1 aromatic carbocycles. The molecule has 0 saturated heterocycles. The highest BCUT2D eigenvalue weighted by Crippen LogP contribution is 2.12. The van der Waals surface area contributed by atoms with Crippen molar-refractivity contribution in [1.29, 1.82) is 0 Å². The van der Waals surface area contributed by atoms with Gasteiger partial charge in [0.1, 0.15) is 0 Å². The summed E-state index contributed by atoms with van der Waals surface area (Å²) in [6, 6.07) is 7.74. The van der Waals surface area contributed by atoms with Gasteiger partial charge in [0.15, 0.2) is 0 Å². The summed E-state index contributed by atoms with van der Waals surface area (Å²) >= 11 is 0. The first-order valence-electron chi connectivity index (χ1n) is 4.62. The molecule has 0 unspecified atom stereocenters. The zero-order valence-electron chi connectivity index (χ0n) is 8.89. The van der Waals surface area contributed by atoms with Gasteiger partial charge in [0, 0.05) is 16.5 Å². The van der Waals surface area contributed by atoms with Crippen LogP contribution in [0.5, 0.6) is 0 Å². The largest absolute Gasteiger partial charge is 0.115 e. The van der Waals surface area contributed by atoms with Gasteiger partial charge < -0.3 is 0 Å². The van der Waals surface area contributed by atoms with E-state index < -0.39 is 0 Å². The number of hydrogen-bond acceptors (Lipinski definition) is 0. The van der Waals surface area contributed by atoms with E-state index >= 15 is 0 Å². The molecule has 0 atom stereocenters. The van der Waals surface area contributed by atoms with Crippen LogP contribution in [0.1, 0.15) is 31.9 Å². The summed E-state index contributed by atoms with van der Waals surface area (Å²) < 4.78 is 0. The van der Waals surface area contributed by atoms with E-state index in [0.717, 1.165) is 11.1 Å². The highest BCUT2D eigenvalue weighted by atomic mass is 14.1. The maximum absolute atomic E-state index is 5.37. The van der Waals surface area contributed by atoms with Crippen LogP contribution < -0.4 is 0 Å². The second kappa shape index (κ2) is 4.03. The van der Waals surface area contributed by atoms with Gasteiger partial charge >= 0.3 is 0 Å². The first-order chi connectivity index (χ1) is 6.53. The monoisotopic (exact) mass is 182 g/mol. The van der Waals surface area contributed by atoms with Gasteiger partial charge in [-0.25, -0.2) is 0 Å². The molecule has 0 aliphatic heterocycles. The SMILES string of the molecule is C#Cc1ccccc1C#CC(C)(C)C. The fourth-order valence-corrected chi connectivity index (χ4v) is 0.973. The van der Waals surface area contributed by atoms with Gasteiger partial charge in [-0.3, -0.25) is 0 Å². The molecule has 14 heavy (non-hydrogen) atoms. The van der Waals surface area contributed by atoms with E-state index in [1.807, 2.05) is 24.3 Å². The smallest absolute Gasteiger partial charge is 0.0401 e. The molecule has 0 aromatic heterocycles. The third-order valence-corrected chi connectivity index (χ3v) is 1.65. The third-order valence-electron chi connectivity index (χ3n) is 1.65. The summed E-state index contributed by atoms with van der Waals surface area (Å²) in [6.45, 7) is 6.25. The zero-order chi connectivity index (χ0) is 10.6. The fraction of sp³-hybridized carbons (Fsp3) is 0.286. The third kappa shape index (κ3) is 3.00. The lowest BCUT2D eigenvalue weighted by Gasteiger charge is -2.07. The number of rotatable bonds is 0. The second-order valence-electron chi connectivity index (χ2n) is 4.19. The van der Waals surface area contributed by atoms with Gasteiger partial charge in [-0.2, -0.15) is 0 Å². The van der Waals surface area contributed by atoms with Gasteiger partial charge in [-0.05, 0) is 32.9 Å². The average molecular weight is 182 g/mol. The number of hydrogen-bond donors (Lipinski definition) is 0. The molecule has 0 nitrogen and oxygen atoms in total. The minimum atomic E-state index is 0.0156. The van der Waals surface area contributed by atoms with Crippen molar-refractivity contribution in [2.24, 2.45) is 5.41 Å². The predicted octanol–water partition coefficient (Wildman–Crippen LogP) is 3.07. The Hall–Kier alpha value is -1.66. The van der Waals surface area contributed by atoms with Gasteiger partial charge in [0.05, 0.1) is 0 Å². The molecule has 0 spiro atoms. The van der Waals surface area contributed by atoms with E-state index in [9.17, 15) is 0 Å². The molecular weight excluding hydrogens is 168 g/mol. The van der Waals surface area contributed by atoms with E-state index in [0.29, 0.717) is 0 Å². The fourth-order valence-electron chi connectivity index (χ4n) is 0.973. The van der Waals surface area contributed by atoms with Crippen molar-refractivity contribution >= 4 is 0 Å². The minimum Gasteiger partial charge on any atom is -0.115 e. The highest BCUT2D eigenvalue weighted by Gasteiger charge is 2.03. The normalized spacial score (nSPS) is 9.86. The van der Waals surface area contributed by atoms with Crippen molar-refractivity contribution in [3.05, 3.63) is 35.4 Å². The summed E-state index contributed by atoms with van der Waals surface area (Å²) in [7, 11) is 0. The van der Waals surface area contributed by atoms with Crippen LogP contribution in [0.15, 0.2) is 24.3 Å². The Kier molecular flexibility index (Phi) is 3.00. The maximum atomic E-state index is 5.37. The Labute approximate surface area is 86.3 Å². The molecule has 0 amide bonds. The summed E-state index contributed by atoms with van der Waals surface area (Å²) in [6.07, 6.45) is 5.37. The molecule has 0 radical (unpaired) electrons. The van der Waals surface area contributed by atoms with Gasteiger partial charge in [0.25, 0.3) is 0 Å². The topological polar surface area (TPSA) is 0 Å². The Morgan fingerprint density at radius 1 is 1.07 bits per heavy atom. The Bertz CT molecular complexity index is 414. The summed E-state index contributed by atoms with van der Waals surface area (Å²) in [5.41, 5.74) is 1.82. The molecule has 0 saturated carbocycles. The highest BCUT2D eigenvalue weighted by molar-refractivity contribution is 5.49. The Balaban J connectivity index is 3.08. The standard InChI is InChI=1S/C14H14/c1-5-12-8-6-7-9-13(12)10-11-14(2,3)4/h1,6-9H,2-4H3. The second-order valence-corrected chi connectivity index (χ2v) is 4.19. The Morgan fingerprint density at radius 3 is 2.14 bits per heavy atom. The molecule has 1 rings (SSSR count). The maximum Gasteiger partial charge on any atom is 0.0401 e. The van der Waals surface area contributed by atoms with Crippen molar-refractivity contribution < 1.29 is 0 Å². The van der Waals surface area contributed by atoms with E-state index in [4.69, 9.17) is 6.42 Å². The first-order valence-corrected chi connectivity index (χ1v) is 4.62. The molecular formula is C14H14. The van der Waals surface area contributed by atoms with Crippen LogP contribution in [-0.2, 0) is 0 Å². The van der Waals surface area contributed by atoms with Crippen molar-refractivity contribution in [3.63, 3.8) is 0 Å². The lowest BCUT2D eigenvalue weighted by Crippen LogP contribution is -1.99. The molecule has 0 fully saturated rings. The van der Waals surface area contributed by atoms with Crippen molar-refractivity contribution in [3.8, 4) is 24.2 Å². The Morgan fingerprint density at radius 2 is 1.64 bits per heavy atom. The summed E-state index contributed by atoms with van der Waals surface area (Å²) in [5.74, 6) is 8.91. The lowest BCUT2D eigenvalue weighted by atomic mass is 9.97. The van der Waals surface area contributed by atoms with E-state index in [1.165, 1.54) is 0 Å². The number of terminal acetylenes is 1. The van der Waals surface area contributed by atoms with Crippen LogP contribution in [0.25, 0.3) is 0 Å².